The highest BCUT2D eigenvalue weighted by Crippen LogP contribution is 2.38. The van der Waals surface area contributed by atoms with Crippen molar-refractivity contribution in [3.63, 3.8) is 0 Å². The second-order valence-electron chi connectivity index (χ2n) is 6.39. The van der Waals surface area contributed by atoms with E-state index in [2.05, 4.69) is 4.72 Å². The molecular weight excluding hydrogens is 346 g/mol. The standard InChI is InChI=1S/C17H23NO6S/c1-24-16(21)17(10-6-3-7-11-17)12-25(22,23)18-14(15(19)20)13-8-4-2-5-9-13/h2,4-5,8-9,14,18H,3,6-7,10-12H2,1H3,(H,19,20)/t14-/m1/s1. The number of benzene rings is 1. The number of carboxylic acid groups (broad SMARTS) is 1. The highest BCUT2D eigenvalue weighted by molar-refractivity contribution is 7.89. The number of aliphatic carboxylic acids is 1. The first kappa shape index (κ1) is 19.4. The van der Waals surface area contributed by atoms with Crippen LogP contribution in [0.15, 0.2) is 30.3 Å². The van der Waals surface area contributed by atoms with Crippen molar-refractivity contribution in [3.8, 4) is 0 Å². The van der Waals surface area contributed by atoms with Gasteiger partial charge in [-0.15, -0.1) is 0 Å². The first-order valence-corrected chi connectivity index (χ1v) is 9.81. The summed E-state index contributed by atoms with van der Waals surface area (Å²) in [4.78, 5) is 23.7. The summed E-state index contributed by atoms with van der Waals surface area (Å²) in [7, 11) is -2.78. The minimum absolute atomic E-state index is 0.328. The second-order valence-corrected chi connectivity index (χ2v) is 8.15. The summed E-state index contributed by atoms with van der Waals surface area (Å²) in [6.07, 6.45) is 3.26. The molecule has 0 amide bonds. The molecule has 1 aromatic carbocycles. The lowest BCUT2D eigenvalue weighted by atomic mass is 9.75. The van der Waals surface area contributed by atoms with Gasteiger partial charge in [-0.05, 0) is 18.4 Å². The second kappa shape index (κ2) is 7.97. The number of hydrogen-bond acceptors (Lipinski definition) is 5. The number of ether oxygens (including phenoxy) is 1. The van der Waals surface area contributed by atoms with Gasteiger partial charge in [0.2, 0.25) is 10.0 Å². The van der Waals surface area contributed by atoms with Gasteiger partial charge in [0.1, 0.15) is 6.04 Å². The summed E-state index contributed by atoms with van der Waals surface area (Å²) in [5.41, 5.74) is -0.784. The lowest BCUT2D eigenvalue weighted by molar-refractivity contribution is -0.153. The van der Waals surface area contributed by atoms with Gasteiger partial charge in [0.05, 0.1) is 18.3 Å². The fourth-order valence-electron chi connectivity index (χ4n) is 3.34. The van der Waals surface area contributed by atoms with Crippen molar-refractivity contribution < 1.29 is 27.9 Å². The van der Waals surface area contributed by atoms with Crippen molar-refractivity contribution in [2.75, 3.05) is 12.9 Å². The molecule has 8 heteroatoms. The van der Waals surface area contributed by atoms with Gasteiger partial charge in [-0.25, -0.2) is 8.42 Å². The number of hydrogen-bond donors (Lipinski definition) is 2. The van der Waals surface area contributed by atoms with Crippen LogP contribution in [0.1, 0.15) is 43.7 Å². The van der Waals surface area contributed by atoms with E-state index >= 15 is 0 Å². The number of carbonyl (C=O) groups excluding carboxylic acids is 1. The molecule has 0 unspecified atom stereocenters. The van der Waals surface area contributed by atoms with Crippen molar-refractivity contribution in [3.05, 3.63) is 35.9 Å². The predicted octanol–water partition coefficient (Wildman–Crippen LogP) is 1.86. The minimum atomic E-state index is -4.02. The quantitative estimate of drug-likeness (QED) is 0.710. The van der Waals surface area contributed by atoms with E-state index < -0.39 is 39.2 Å². The number of carboxylic acids is 1. The molecule has 1 fully saturated rings. The predicted molar refractivity (Wildman–Crippen MR) is 91.3 cm³/mol. The molecule has 0 saturated heterocycles. The maximum atomic E-state index is 12.6. The Labute approximate surface area is 147 Å². The van der Waals surface area contributed by atoms with Gasteiger partial charge in [0.25, 0.3) is 0 Å². The van der Waals surface area contributed by atoms with Gasteiger partial charge >= 0.3 is 11.9 Å². The summed E-state index contributed by atoms with van der Waals surface area (Å²) in [6.45, 7) is 0. The van der Waals surface area contributed by atoms with Crippen LogP contribution in [-0.2, 0) is 24.3 Å². The number of rotatable bonds is 7. The smallest absolute Gasteiger partial charge is 0.326 e. The molecule has 138 valence electrons. The molecule has 2 N–H and O–H groups in total. The van der Waals surface area contributed by atoms with Gasteiger partial charge in [-0.3, -0.25) is 9.59 Å². The molecule has 0 bridgehead atoms. The van der Waals surface area contributed by atoms with E-state index in [9.17, 15) is 23.1 Å². The molecule has 1 aliphatic carbocycles. The van der Waals surface area contributed by atoms with Crippen LogP contribution >= 0.6 is 0 Å². The number of methoxy groups -OCH3 is 1. The van der Waals surface area contributed by atoms with Crippen LogP contribution in [0.4, 0.5) is 0 Å². The Kier molecular flexibility index (Phi) is 6.18. The monoisotopic (exact) mass is 369 g/mol. The maximum absolute atomic E-state index is 12.6. The zero-order valence-corrected chi connectivity index (χ0v) is 14.9. The minimum Gasteiger partial charge on any atom is -0.480 e. The SMILES string of the molecule is COC(=O)C1(CS(=O)(=O)N[C@@H](C(=O)O)c2ccccc2)CCCCC1. The molecule has 0 radical (unpaired) electrons. The molecule has 1 aliphatic rings. The Balaban J connectivity index is 2.24. The molecule has 0 aromatic heterocycles. The summed E-state index contributed by atoms with van der Waals surface area (Å²) < 4.78 is 32.3. The lowest BCUT2D eigenvalue weighted by Gasteiger charge is -2.34. The van der Waals surface area contributed by atoms with Gasteiger partial charge in [-0.1, -0.05) is 49.6 Å². The number of carbonyl (C=O) groups is 2. The Hall–Kier alpha value is -1.93. The van der Waals surface area contributed by atoms with E-state index in [1.807, 2.05) is 0 Å². The Morgan fingerprint density at radius 3 is 2.32 bits per heavy atom. The van der Waals surface area contributed by atoms with Crippen molar-refractivity contribution in [2.24, 2.45) is 5.41 Å². The molecule has 0 spiro atoms. The highest BCUT2D eigenvalue weighted by atomic mass is 32.2. The van der Waals surface area contributed by atoms with Crippen molar-refractivity contribution in [2.45, 2.75) is 38.1 Å². The molecule has 2 rings (SSSR count). The van der Waals surface area contributed by atoms with Crippen LogP contribution in [0.2, 0.25) is 0 Å². The molecule has 1 aromatic rings. The molecule has 0 aliphatic heterocycles. The zero-order chi connectivity index (χ0) is 18.5. The van der Waals surface area contributed by atoms with Crippen molar-refractivity contribution >= 4 is 22.0 Å². The van der Waals surface area contributed by atoms with Gasteiger partial charge in [-0.2, -0.15) is 4.72 Å². The van der Waals surface area contributed by atoms with Gasteiger partial charge in [0, 0.05) is 0 Å². The molecule has 25 heavy (non-hydrogen) atoms. The van der Waals surface area contributed by atoms with Gasteiger partial charge < -0.3 is 9.84 Å². The van der Waals surface area contributed by atoms with E-state index in [1.54, 1.807) is 18.2 Å². The average molecular weight is 369 g/mol. The summed E-state index contributed by atoms with van der Waals surface area (Å²) in [5.74, 6) is -2.32. The van der Waals surface area contributed by atoms with E-state index in [1.165, 1.54) is 19.2 Å². The number of sulfonamides is 1. The Bertz CT molecular complexity index is 710. The zero-order valence-electron chi connectivity index (χ0n) is 14.1. The Morgan fingerprint density at radius 2 is 1.80 bits per heavy atom. The third-order valence-electron chi connectivity index (χ3n) is 4.57. The Morgan fingerprint density at radius 1 is 1.20 bits per heavy atom. The summed E-state index contributed by atoms with van der Waals surface area (Å²) in [6, 6.07) is 6.67. The fraction of sp³-hybridized carbons (Fsp3) is 0.529. The number of esters is 1. The van der Waals surface area contributed by atoms with Crippen LogP contribution in [0, 0.1) is 5.41 Å². The van der Waals surface area contributed by atoms with E-state index in [4.69, 9.17) is 4.74 Å². The largest absolute Gasteiger partial charge is 0.480 e. The molecule has 1 saturated carbocycles. The third kappa shape index (κ3) is 4.79. The van der Waals surface area contributed by atoms with Crippen LogP contribution in [-0.4, -0.2) is 38.3 Å². The third-order valence-corrected chi connectivity index (χ3v) is 6.10. The van der Waals surface area contributed by atoms with Crippen LogP contribution < -0.4 is 4.72 Å². The van der Waals surface area contributed by atoms with E-state index in [0.29, 0.717) is 18.4 Å². The molecule has 7 nitrogen and oxygen atoms in total. The van der Waals surface area contributed by atoms with Crippen molar-refractivity contribution in [1.29, 1.82) is 0 Å². The fourth-order valence-corrected chi connectivity index (χ4v) is 5.16. The number of nitrogens with one attached hydrogen (secondary N) is 1. The van der Waals surface area contributed by atoms with E-state index in [-0.39, 0.29) is 0 Å². The van der Waals surface area contributed by atoms with E-state index in [0.717, 1.165) is 19.3 Å². The highest BCUT2D eigenvalue weighted by Gasteiger charge is 2.45. The molecule has 0 heterocycles. The first-order chi connectivity index (χ1) is 11.8. The molecule has 1 atom stereocenters. The summed E-state index contributed by atoms with van der Waals surface area (Å²) in [5, 5.41) is 9.40. The van der Waals surface area contributed by atoms with Crippen LogP contribution in [0.3, 0.4) is 0 Å². The first-order valence-electron chi connectivity index (χ1n) is 8.16. The average Bonchev–Trinajstić information content (AvgIpc) is 2.60. The lowest BCUT2D eigenvalue weighted by Crippen LogP contribution is -2.45. The molecular formula is C17H23NO6S. The van der Waals surface area contributed by atoms with Gasteiger partial charge in [0.15, 0.2) is 0 Å². The van der Waals surface area contributed by atoms with Crippen molar-refractivity contribution in [1.82, 2.24) is 4.72 Å². The maximum Gasteiger partial charge on any atom is 0.326 e. The normalized spacial score (nSPS) is 18.3. The topological polar surface area (TPSA) is 110 Å². The van der Waals surface area contributed by atoms with Crippen LogP contribution in [0.25, 0.3) is 0 Å². The van der Waals surface area contributed by atoms with Crippen LogP contribution in [0.5, 0.6) is 0 Å². The summed E-state index contributed by atoms with van der Waals surface area (Å²) >= 11 is 0.